The highest BCUT2D eigenvalue weighted by Gasteiger charge is 2.29. The van der Waals surface area contributed by atoms with Crippen molar-refractivity contribution in [2.75, 3.05) is 13.1 Å². The average Bonchev–Trinajstić information content (AvgIpc) is 3.42. The molecule has 1 atom stereocenters. The van der Waals surface area contributed by atoms with Crippen molar-refractivity contribution >= 4 is 33.2 Å². The molecule has 34 heavy (non-hydrogen) atoms. The van der Waals surface area contributed by atoms with Crippen LogP contribution in [0.2, 0.25) is 0 Å². The Balaban J connectivity index is 1.52. The van der Waals surface area contributed by atoms with Crippen LogP contribution in [0.25, 0.3) is 0 Å². The van der Waals surface area contributed by atoms with Crippen molar-refractivity contribution in [1.29, 1.82) is 0 Å². The monoisotopic (exact) mass is 497 g/mol. The third-order valence-corrected chi connectivity index (χ3v) is 8.64. The number of carbonyl (C=O) groups excluding carboxylic acids is 2. The van der Waals surface area contributed by atoms with Crippen LogP contribution in [-0.4, -0.2) is 37.6 Å². The van der Waals surface area contributed by atoms with E-state index in [4.69, 9.17) is 0 Å². The molecular formula is C25H27N3O4S2. The van der Waals surface area contributed by atoms with Crippen molar-refractivity contribution in [3.8, 4) is 0 Å². The van der Waals surface area contributed by atoms with E-state index in [1.54, 1.807) is 66.0 Å². The summed E-state index contributed by atoms with van der Waals surface area (Å²) in [5, 5.41) is 7.43. The maximum atomic E-state index is 13.2. The van der Waals surface area contributed by atoms with Crippen molar-refractivity contribution in [1.82, 2.24) is 14.9 Å². The van der Waals surface area contributed by atoms with E-state index in [0.717, 1.165) is 19.3 Å². The third-order valence-electron chi connectivity index (χ3n) is 5.77. The van der Waals surface area contributed by atoms with Gasteiger partial charge < -0.3 is 10.6 Å². The van der Waals surface area contributed by atoms with Crippen molar-refractivity contribution in [3.05, 3.63) is 88.1 Å². The fourth-order valence-electron chi connectivity index (χ4n) is 3.99. The lowest BCUT2D eigenvalue weighted by atomic mass is 10.1. The summed E-state index contributed by atoms with van der Waals surface area (Å²) in [6.45, 7) is 1.04. The van der Waals surface area contributed by atoms with Crippen molar-refractivity contribution < 1.29 is 18.0 Å². The summed E-state index contributed by atoms with van der Waals surface area (Å²) in [6, 6.07) is 18.3. The molecule has 3 aromatic rings. The van der Waals surface area contributed by atoms with Gasteiger partial charge in [0, 0.05) is 19.6 Å². The first-order valence-corrected chi connectivity index (χ1v) is 13.5. The highest BCUT2D eigenvalue weighted by molar-refractivity contribution is 7.89. The van der Waals surface area contributed by atoms with Gasteiger partial charge in [0.2, 0.25) is 15.9 Å². The molecule has 178 valence electrons. The van der Waals surface area contributed by atoms with Gasteiger partial charge >= 0.3 is 0 Å². The van der Waals surface area contributed by atoms with Gasteiger partial charge in [-0.3, -0.25) is 9.59 Å². The number of nitrogens with one attached hydrogen (secondary N) is 2. The van der Waals surface area contributed by atoms with Crippen LogP contribution in [0.5, 0.6) is 0 Å². The standard InChI is InChI=1S/C25H27N3O4S2/c29-24(21-13-9-17-33-21)27-23(19-10-3-1-4-11-19)25(30)26-18-20-12-5-6-14-22(20)34(31,32)28-15-7-2-8-16-28/h1,3-6,9-14,17,23H,2,7-8,15-16,18H2,(H,26,30)(H,27,29). The molecule has 1 saturated heterocycles. The quantitative estimate of drug-likeness (QED) is 0.496. The number of hydrogen-bond acceptors (Lipinski definition) is 5. The second-order valence-electron chi connectivity index (χ2n) is 8.08. The Morgan fingerprint density at radius 3 is 2.32 bits per heavy atom. The Hall–Kier alpha value is -3.01. The normalized spacial score (nSPS) is 15.4. The SMILES string of the molecule is O=C(NC(C(=O)NCc1ccccc1S(=O)(=O)N1CCCCC1)c1ccccc1)c1cccs1. The van der Waals surface area contributed by atoms with Crippen molar-refractivity contribution in [3.63, 3.8) is 0 Å². The van der Waals surface area contributed by atoms with Crippen LogP contribution in [-0.2, 0) is 21.4 Å². The molecule has 9 heteroatoms. The number of amides is 2. The van der Waals surface area contributed by atoms with Crippen LogP contribution in [0.4, 0.5) is 0 Å². The second kappa shape index (κ2) is 10.9. The summed E-state index contributed by atoms with van der Waals surface area (Å²) >= 11 is 1.29. The minimum Gasteiger partial charge on any atom is -0.350 e. The largest absolute Gasteiger partial charge is 0.350 e. The van der Waals surface area contributed by atoms with E-state index >= 15 is 0 Å². The lowest BCUT2D eigenvalue weighted by molar-refractivity contribution is -0.123. The van der Waals surface area contributed by atoms with Crippen LogP contribution in [0.15, 0.2) is 77.0 Å². The fraction of sp³-hybridized carbons (Fsp3) is 0.280. The first-order chi connectivity index (χ1) is 16.5. The van der Waals surface area contributed by atoms with Crippen LogP contribution < -0.4 is 10.6 Å². The van der Waals surface area contributed by atoms with E-state index in [9.17, 15) is 18.0 Å². The minimum absolute atomic E-state index is 0.0281. The van der Waals surface area contributed by atoms with Gasteiger partial charge in [-0.15, -0.1) is 11.3 Å². The van der Waals surface area contributed by atoms with Gasteiger partial charge in [0.25, 0.3) is 5.91 Å². The summed E-state index contributed by atoms with van der Waals surface area (Å²) in [4.78, 5) is 26.6. The highest BCUT2D eigenvalue weighted by Crippen LogP contribution is 2.24. The molecule has 1 fully saturated rings. The molecule has 0 bridgehead atoms. The molecule has 2 N–H and O–H groups in total. The van der Waals surface area contributed by atoms with Crippen LogP contribution in [0.3, 0.4) is 0 Å². The molecule has 2 heterocycles. The Morgan fingerprint density at radius 1 is 0.912 bits per heavy atom. The van der Waals surface area contributed by atoms with Crippen molar-refractivity contribution in [2.45, 2.75) is 36.7 Å². The first kappa shape index (κ1) is 24.1. The van der Waals surface area contributed by atoms with E-state index in [1.807, 2.05) is 6.07 Å². The van der Waals surface area contributed by atoms with Gasteiger partial charge in [-0.1, -0.05) is 61.0 Å². The van der Waals surface area contributed by atoms with E-state index < -0.39 is 22.0 Å². The Labute approximate surface area is 203 Å². The van der Waals surface area contributed by atoms with E-state index in [1.165, 1.54) is 15.6 Å². The molecule has 1 aromatic heterocycles. The predicted octanol–water partition coefficient (Wildman–Crippen LogP) is 3.71. The number of thiophene rings is 1. The molecule has 0 aliphatic carbocycles. The summed E-state index contributed by atoms with van der Waals surface area (Å²) < 4.78 is 28.0. The van der Waals surface area contributed by atoms with E-state index in [2.05, 4.69) is 10.6 Å². The summed E-state index contributed by atoms with van der Waals surface area (Å²) in [5.41, 5.74) is 1.15. The zero-order valence-corrected chi connectivity index (χ0v) is 20.3. The van der Waals surface area contributed by atoms with Crippen molar-refractivity contribution in [2.24, 2.45) is 0 Å². The lowest BCUT2D eigenvalue weighted by Crippen LogP contribution is -2.40. The minimum atomic E-state index is -3.65. The topological polar surface area (TPSA) is 95.6 Å². The molecule has 4 rings (SSSR count). The molecule has 1 aliphatic heterocycles. The zero-order valence-electron chi connectivity index (χ0n) is 18.6. The molecule has 7 nitrogen and oxygen atoms in total. The smallest absolute Gasteiger partial charge is 0.262 e. The van der Waals surface area contributed by atoms with Gasteiger partial charge in [-0.2, -0.15) is 4.31 Å². The first-order valence-electron chi connectivity index (χ1n) is 11.2. The van der Waals surface area contributed by atoms with Gasteiger partial charge in [-0.25, -0.2) is 8.42 Å². The van der Waals surface area contributed by atoms with Gasteiger partial charge in [0.15, 0.2) is 0 Å². The number of nitrogens with zero attached hydrogens (tertiary/aromatic N) is 1. The van der Waals surface area contributed by atoms with Crippen LogP contribution in [0, 0.1) is 0 Å². The van der Waals surface area contributed by atoms with E-state index in [0.29, 0.717) is 29.1 Å². The van der Waals surface area contributed by atoms with Crippen LogP contribution >= 0.6 is 11.3 Å². The summed E-state index contributed by atoms with van der Waals surface area (Å²) in [6.07, 6.45) is 2.73. The molecule has 0 spiro atoms. The number of piperidine rings is 1. The van der Waals surface area contributed by atoms with Crippen LogP contribution in [0.1, 0.15) is 46.1 Å². The molecule has 2 aromatic carbocycles. The van der Waals surface area contributed by atoms with Gasteiger partial charge in [0.1, 0.15) is 6.04 Å². The Morgan fingerprint density at radius 2 is 1.62 bits per heavy atom. The Kier molecular flexibility index (Phi) is 7.77. The number of carbonyl (C=O) groups is 2. The number of hydrogen-bond donors (Lipinski definition) is 2. The third kappa shape index (κ3) is 5.55. The van der Waals surface area contributed by atoms with Gasteiger partial charge in [-0.05, 0) is 41.5 Å². The molecule has 2 amide bonds. The molecule has 1 unspecified atom stereocenters. The molecule has 0 saturated carbocycles. The maximum absolute atomic E-state index is 13.2. The second-order valence-corrected chi connectivity index (χ2v) is 10.9. The number of rotatable bonds is 8. The summed E-state index contributed by atoms with van der Waals surface area (Å²) in [7, 11) is -3.65. The fourth-order valence-corrected chi connectivity index (χ4v) is 6.35. The molecular weight excluding hydrogens is 470 g/mol. The zero-order chi connectivity index (χ0) is 24.0. The predicted molar refractivity (Wildman–Crippen MR) is 132 cm³/mol. The molecule has 0 radical (unpaired) electrons. The average molecular weight is 498 g/mol. The maximum Gasteiger partial charge on any atom is 0.262 e. The number of sulfonamides is 1. The van der Waals surface area contributed by atoms with E-state index in [-0.39, 0.29) is 17.3 Å². The highest BCUT2D eigenvalue weighted by atomic mass is 32.2. The van der Waals surface area contributed by atoms with Gasteiger partial charge in [0.05, 0.1) is 9.77 Å². The molecule has 1 aliphatic rings. The Bertz CT molecular complexity index is 1220. The number of benzene rings is 2. The lowest BCUT2D eigenvalue weighted by Gasteiger charge is -2.27. The summed E-state index contributed by atoms with van der Waals surface area (Å²) in [5.74, 6) is -0.756.